The molecule has 0 heterocycles. The molecule has 0 atom stereocenters. The van der Waals surface area contributed by atoms with E-state index in [2.05, 4.69) is 10.6 Å². The first kappa shape index (κ1) is 11.8. The molecule has 0 aliphatic rings. The maximum atomic E-state index is 12.3. The fourth-order valence-electron chi connectivity index (χ4n) is 0.967. The topological polar surface area (TPSA) is 24.1 Å². The van der Waals surface area contributed by atoms with E-state index in [9.17, 15) is 13.2 Å². The molecule has 1 rings (SSSR count). The summed E-state index contributed by atoms with van der Waals surface area (Å²) in [6.07, 6.45) is -4.33. The van der Waals surface area contributed by atoms with E-state index in [1.54, 1.807) is 7.05 Å². The van der Waals surface area contributed by atoms with Crippen LogP contribution in [0.1, 0.15) is 5.56 Å². The first-order valence-electron chi connectivity index (χ1n) is 4.09. The second-order valence-electron chi connectivity index (χ2n) is 2.78. The third-order valence-corrected chi connectivity index (χ3v) is 1.98. The van der Waals surface area contributed by atoms with Crippen LogP contribution < -0.4 is 10.6 Å². The van der Waals surface area contributed by atoms with E-state index in [1.165, 1.54) is 12.1 Å². The molecule has 0 aliphatic heterocycles. The van der Waals surface area contributed by atoms with Crippen molar-refractivity contribution in [1.82, 2.24) is 5.32 Å². The second kappa shape index (κ2) is 4.48. The Kier molecular flexibility index (Phi) is 3.52. The van der Waals surface area contributed by atoms with Gasteiger partial charge in [0.15, 0.2) is 5.11 Å². The van der Waals surface area contributed by atoms with Crippen molar-refractivity contribution in [3.05, 3.63) is 29.8 Å². The number of rotatable bonds is 1. The highest BCUT2D eigenvalue weighted by atomic mass is 32.1. The Morgan fingerprint density at radius 3 is 2.53 bits per heavy atom. The molecule has 0 aromatic heterocycles. The van der Waals surface area contributed by atoms with Gasteiger partial charge >= 0.3 is 6.18 Å². The number of halogens is 3. The van der Waals surface area contributed by atoms with Crippen LogP contribution in [0.4, 0.5) is 18.9 Å². The Bertz CT molecular complexity index is 363. The van der Waals surface area contributed by atoms with Crippen LogP contribution in [0.3, 0.4) is 0 Å². The van der Waals surface area contributed by atoms with Crippen molar-refractivity contribution in [2.75, 3.05) is 12.4 Å². The van der Waals surface area contributed by atoms with E-state index in [0.717, 1.165) is 12.1 Å². The number of thiocarbonyl (C=S) groups is 1. The van der Waals surface area contributed by atoms with Crippen molar-refractivity contribution < 1.29 is 13.2 Å². The molecule has 0 radical (unpaired) electrons. The summed E-state index contributed by atoms with van der Waals surface area (Å²) in [7, 11) is 1.59. The van der Waals surface area contributed by atoms with Crippen LogP contribution >= 0.6 is 12.2 Å². The van der Waals surface area contributed by atoms with E-state index >= 15 is 0 Å². The zero-order chi connectivity index (χ0) is 11.5. The highest BCUT2D eigenvalue weighted by Crippen LogP contribution is 2.30. The SMILES string of the molecule is CNC(=S)Nc1cccc(C(F)(F)F)c1. The van der Waals surface area contributed by atoms with Crippen LogP contribution in [0, 0.1) is 0 Å². The summed E-state index contributed by atoms with van der Waals surface area (Å²) in [5.74, 6) is 0. The Hall–Kier alpha value is -1.30. The number of hydrogen-bond donors (Lipinski definition) is 2. The summed E-state index contributed by atoms with van der Waals surface area (Å²) in [4.78, 5) is 0. The summed E-state index contributed by atoms with van der Waals surface area (Å²) < 4.78 is 36.9. The minimum atomic E-state index is -4.33. The summed E-state index contributed by atoms with van der Waals surface area (Å²) in [5.41, 5.74) is -0.393. The largest absolute Gasteiger partial charge is 0.416 e. The lowest BCUT2D eigenvalue weighted by molar-refractivity contribution is -0.137. The van der Waals surface area contributed by atoms with Gasteiger partial charge in [-0.25, -0.2) is 0 Å². The van der Waals surface area contributed by atoms with Gasteiger partial charge in [-0.3, -0.25) is 0 Å². The molecule has 1 aromatic carbocycles. The van der Waals surface area contributed by atoms with Crippen molar-refractivity contribution in [2.45, 2.75) is 6.18 Å². The normalized spacial score (nSPS) is 10.9. The first-order chi connectivity index (χ1) is 6.93. The van der Waals surface area contributed by atoms with Crippen LogP contribution in [0.15, 0.2) is 24.3 Å². The molecular formula is C9H9F3N2S. The fourth-order valence-corrected chi connectivity index (χ4v) is 1.08. The summed E-state index contributed by atoms with van der Waals surface area (Å²) >= 11 is 4.77. The molecule has 0 unspecified atom stereocenters. The van der Waals surface area contributed by atoms with Gasteiger partial charge in [0, 0.05) is 12.7 Å². The maximum absolute atomic E-state index is 12.3. The Morgan fingerprint density at radius 2 is 2.00 bits per heavy atom. The summed E-state index contributed by atoms with van der Waals surface area (Å²) in [5, 5.41) is 5.51. The van der Waals surface area contributed by atoms with Crippen molar-refractivity contribution in [3.63, 3.8) is 0 Å². The lowest BCUT2D eigenvalue weighted by Gasteiger charge is -2.10. The van der Waals surface area contributed by atoms with Gasteiger partial charge in [-0.15, -0.1) is 0 Å². The molecule has 82 valence electrons. The zero-order valence-corrected chi connectivity index (χ0v) is 8.67. The van der Waals surface area contributed by atoms with Crippen LogP contribution in [0.2, 0.25) is 0 Å². The van der Waals surface area contributed by atoms with Crippen molar-refractivity contribution in [1.29, 1.82) is 0 Å². The summed E-state index contributed by atoms with van der Waals surface area (Å²) in [6, 6.07) is 4.85. The van der Waals surface area contributed by atoms with E-state index in [0.29, 0.717) is 5.69 Å². The molecule has 0 aliphatic carbocycles. The van der Waals surface area contributed by atoms with Gasteiger partial charge in [-0.05, 0) is 30.4 Å². The standard InChI is InChI=1S/C9H9F3N2S/c1-13-8(15)14-7-4-2-3-6(5-7)9(10,11)12/h2-5H,1H3,(H2,13,14,15). The minimum absolute atomic E-state index is 0.273. The predicted molar refractivity (Wildman–Crippen MR) is 56.7 cm³/mol. The Morgan fingerprint density at radius 1 is 1.33 bits per heavy atom. The van der Waals surface area contributed by atoms with Crippen LogP contribution in [0.5, 0.6) is 0 Å². The van der Waals surface area contributed by atoms with E-state index in [4.69, 9.17) is 12.2 Å². The molecule has 6 heteroatoms. The molecule has 0 saturated carbocycles. The Balaban J connectivity index is 2.88. The molecule has 2 nitrogen and oxygen atoms in total. The molecule has 0 saturated heterocycles. The molecule has 0 spiro atoms. The van der Waals surface area contributed by atoms with Gasteiger partial charge in [0.1, 0.15) is 0 Å². The van der Waals surface area contributed by atoms with E-state index in [1.807, 2.05) is 0 Å². The smallest absolute Gasteiger partial charge is 0.366 e. The van der Waals surface area contributed by atoms with Gasteiger partial charge in [0.2, 0.25) is 0 Å². The Labute approximate surface area is 90.5 Å². The summed E-state index contributed by atoms with van der Waals surface area (Å²) in [6.45, 7) is 0. The number of anilines is 1. The van der Waals surface area contributed by atoms with Crippen LogP contribution in [-0.4, -0.2) is 12.2 Å². The minimum Gasteiger partial charge on any atom is -0.366 e. The van der Waals surface area contributed by atoms with Gasteiger partial charge in [-0.1, -0.05) is 6.07 Å². The van der Waals surface area contributed by atoms with Gasteiger partial charge < -0.3 is 10.6 Å². The van der Waals surface area contributed by atoms with E-state index in [-0.39, 0.29) is 5.11 Å². The van der Waals surface area contributed by atoms with Crippen molar-refractivity contribution >= 4 is 23.0 Å². The lowest BCUT2D eigenvalue weighted by Crippen LogP contribution is -2.24. The average molecular weight is 234 g/mol. The van der Waals surface area contributed by atoms with Gasteiger partial charge in [-0.2, -0.15) is 13.2 Å². The highest BCUT2D eigenvalue weighted by Gasteiger charge is 2.30. The van der Waals surface area contributed by atoms with Crippen LogP contribution in [-0.2, 0) is 6.18 Å². The molecule has 0 amide bonds. The number of hydrogen-bond acceptors (Lipinski definition) is 1. The molecular weight excluding hydrogens is 225 g/mol. The molecule has 0 fully saturated rings. The molecule has 2 N–H and O–H groups in total. The quantitative estimate of drug-likeness (QED) is 0.730. The second-order valence-corrected chi connectivity index (χ2v) is 3.19. The first-order valence-corrected chi connectivity index (χ1v) is 4.50. The third kappa shape index (κ3) is 3.39. The van der Waals surface area contributed by atoms with Crippen LogP contribution in [0.25, 0.3) is 0 Å². The average Bonchev–Trinajstić information content (AvgIpc) is 2.17. The maximum Gasteiger partial charge on any atom is 0.416 e. The number of nitrogens with one attached hydrogen (secondary N) is 2. The number of alkyl halides is 3. The molecule has 15 heavy (non-hydrogen) atoms. The predicted octanol–water partition coefficient (Wildman–Crippen LogP) is 2.62. The lowest BCUT2D eigenvalue weighted by atomic mass is 10.2. The van der Waals surface area contributed by atoms with E-state index < -0.39 is 11.7 Å². The highest BCUT2D eigenvalue weighted by molar-refractivity contribution is 7.80. The fraction of sp³-hybridized carbons (Fsp3) is 0.222. The molecule has 0 bridgehead atoms. The van der Waals surface area contributed by atoms with Gasteiger partial charge in [0.05, 0.1) is 5.56 Å². The van der Waals surface area contributed by atoms with Gasteiger partial charge in [0.25, 0.3) is 0 Å². The third-order valence-electron chi connectivity index (χ3n) is 1.67. The monoisotopic (exact) mass is 234 g/mol. The number of benzene rings is 1. The van der Waals surface area contributed by atoms with Crippen molar-refractivity contribution in [2.24, 2.45) is 0 Å². The zero-order valence-electron chi connectivity index (χ0n) is 7.85. The molecule has 1 aromatic rings. The van der Waals surface area contributed by atoms with Crippen molar-refractivity contribution in [3.8, 4) is 0 Å².